The molecule has 1 saturated heterocycles. The highest BCUT2D eigenvalue weighted by Gasteiger charge is 2.30. The molecule has 124 valence electrons. The Morgan fingerprint density at radius 2 is 2.45 bits per heavy atom. The summed E-state index contributed by atoms with van der Waals surface area (Å²) in [5, 5.41) is 9.99. The van der Waals surface area contributed by atoms with Gasteiger partial charge in [-0.05, 0) is 32.3 Å². The Balaban J connectivity index is 1.84. The molecule has 1 fully saturated rings. The molecule has 1 aliphatic heterocycles. The van der Waals surface area contributed by atoms with Crippen LogP contribution in [0.1, 0.15) is 31.1 Å². The van der Waals surface area contributed by atoms with Crippen molar-refractivity contribution in [2.75, 3.05) is 38.2 Å². The van der Waals surface area contributed by atoms with E-state index in [4.69, 9.17) is 4.74 Å². The van der Waals surface area contributed by atoms with Crippen LogP contribution in [0.25, 0.3) is 0 Å². The molecule has 0 saturated carbocycles. The van der Waals surface area contributed by atoms with Crippen LogP contribution in [0.3, 0.4) is 0 Å². The van der Waals surface area contributed by atoms with Crippen molar-refractivity contribution in [2.45, 2.75) is 32.4 Å². The number of aryl methyl sites for hydroxylation is 1. The monoisotopic (exact) mass is 327 g/mol. The fourth-order valence-electron chi connectivity index (χ4n) is 2.42. The van der Waals surface area contributed by atoms with Gasteiger partial charge in [-0.25, -0.2) is 4.98 Å². The number of H-pyrrole nitrogens is 1. The lowest BCUT2D eigenvalue weighted by atomic mass is 10.2. The minimum absolute atomic E-state index is 0.0768. The molecule has 1 amide bonds. The SMILES string of the molecule is CSCCCNC(=O)[C@H](C)N1CCO[C@@H](c2n[nH]c(C)n2)C1. The summed E-state index contributed by atoms with van der Waals surface area (Å²) in [4.78, 5) is 18.7. The molecule has 0 aliphatic carbocycles. The lowest BCUT2D eigenvalue weighted by Crippen LogP contribution is -2.50. The number of morpholine rings is 1. The first-order valence-corrected chi connectivity index (χ1v) is 9.02. The third-order valence-electron chi connectivity index (χ3n) is 3.75. The Bertz CT molecular complexity index is 482. The second-order valence-corrected chi connectivity index (χ2v) is 6.43. The standard InChI is InChI=1S/C14H25N5O2S/c1-10(14(20)15-5-4-8-22-3)19-6-7-21-12(9-19)13-16-11(2)17-18-13/h10,12H,4-9H2,1-3H3,(H,15,20)(H,16,17,18)/t10-,12+/m0/s1. The molecule has 0 aromatic carbocycles. The maximum Gasteiger partial charge on any atom is 0.237 e. The number of hydrogen-bond donors (Lipinski definition) is 2. The van der Waals surface area contributed by atoms with Crippen molar-refractivity contribution in [3.63, 3.8) is 0 Å². The normalized spacial score (nSPS) is 20.8. The zero-order valence-electron chi connectivity index (χ0n) is 13.5. The van der Waals surface area contributed by atoms with Crippen LogP contribution in [0, 0.1) is 6.92 Å². The van der Waals surface area contributed by atoms with Gasteiger partial charge in [0.05, 0.1) is 12.6 Å². The van der Waals surface area contributed by atoms with E-state index in [1.165, 1.54) is 0 Å². The van der Waals surface area contributed by atoms with Crippen molar-refractivity contribution in [3.8, 4) is 0 Å². The zero-order chi connectivity index (χ0) is 15.9. The Labute approximate surface area is 135 Å². The quantitative estimate of drug-likeness (QED) is 0.719. The minimum atomic E-state index is -0.176. The number of aromatic nitrogens is 3. The van der Waals surface area contributed by atoms with Crippen LogP contribution in [-0.4, -0.2) is 70.3 Å². The Hall–Kier alpha value is -1.12. The second-order valence-electron chi connectivity index (χ2n) is 5.45. The second kappa shape index (κ2) is 8.50. The predicted octanol–water partition coefficient (Wildman–Crippen LogP) is 0.744. The van der Waals surface area contributed by atoms with Crippen LogP contribution >= 0.6 is 11.8 Å². The molecule has 1 aromatic rings. The molecular weight excluding hydrogens is 302 g/mol. The van der Waals surface area contributed by atoms with E-state index in [-0.39, 0.29) is 18.1 Å². The van der Waals surface area contributed by atoms with Gasteiger partial charge in [0.15, 0.2) is 5.82 Å². The number of hydrogen-bond acceptors (Lipinski definition) is 6. The van der Waals surface area contributed by atoms with Crippen LogP contribution < -0.4 is 5.32 Å². The van der Waals surface area contributed by atoms with Crippen molar-refractivity contribution >= 4 is 17.7 Å². The molecule has 0 radical (unpaired) electrons. The number of aromatic amines is 1. The van der Waals surface area contributed by atoms with E-state index in [2.05, 4.69) is 31.7 Å². The first-order chi connectivity index (χ1) is 10.6. The fourth-order valence-corrected chi connectivity index (χ4v) is 2.86. The minimum Gasteiger partial charge on any atom is -0.367 e. The lowest BCUT2D eigenvalue weighted by Gasteiger charge is -2.35. The molecular formula is C14H25N5O2S. The van der Waals surface area contributed by atoms with E-state index in [1.54, 1.807) is 11.8 Å². The van der Waals surface area contributed by atoms with Crippen LogP contribution in [0.2, 0.25) is 0 Å². The number of carbonyl (C=O) groups excluding carboxylic acids is 1. The van der Waals surface area contributed by atoms with Gasteiger partial charge < -0.3 is 10.1 Å². The summed E-state index contributed by atoms with van der Waals surface area (Å²) >= 11 is 1.79. The lowest BCUT2D eigenvalue weighted by molar-refractivity contribution is -0.129. The summed E-state index contributed by atoms with van der Waals surface area (Å²) in [7, 11) is 0. The molecule has 0 unspecified atom stereocenters. The van der Waals surface area contributed by atoms with Gasteiger partial charge in [0, 0.05) is 19.6 Å². The maximum atomic E-state index is 12.2. The van der Waals surface area contributed by atoms with Gasteiger partial charge >= 0.3 is 0 Å². The highest BCUT2D eigenvalue weighted by molar-refractivity contribution is 7.98. The van der Waals surface area contributed by atoms with Crippen LogP contribution in [0.15, 0.2) is 0 Å². The molecule has 2 rings (SSSR count). The largest absolute Gasteiger partial charge is 0.367 e. The van der Waals surface area contributed by atoms with Gasteiger partial charge in [-0.15, -0.1) is 0 Å². The van der Waals surface area contributed by atoms with Crippen LogP contribution in [0.4, 0.5) is 0 Å². The Morgan fingerprint density at radius 3 is 3.14 bits per heavy atom. The van der Waals surface area contributed by atoms with Gasteiger partial charge in [-0.3, -0.25) is 14.8 Å². The van der Waals surface area contributed by atoms with Gasteiger partial charge in [-0.1, -0.05) is 0 Å². The van der Waals surface area contributed by atoms with Crippen molar-refractivity contribution in [1.29, 1.82) is 0 Å². The van der Waals surface area contributed by atoms with Crippen molar-refractivity contribution in [2.24, 2.45) is 0 Å². The van der Waals surface area contributed by atoms with Crippen molar-refractivity contribution in [1.82, 2.24) is 25.4 Å². The van der Waals surface area contributed by atoms with E-state index < -0.39 is 0 Å². The number of nitrogens with one attached hydrogen (secondary N) is 2. The number of nitrogens with zero attached hydrogens (tertiary/aromatic N) is 3. The number of carbonyl (C=O) groups is 1. The van der Waals surface area contributed by atoms with E-state index in [9.17, 15) is 4.79 Å². The van der Waals surface area contributed by atoms with E-state index in [0.717, 1.165) is 31.1 Å². The molecule has 2 heterocycles. The summed E-state index contributed by atoms with van der Waals surface area (Å²) in [6.07, 6.45) is 2.90. The highest BCUT2D eigenvalue weighted by Crippen LogP contribution is 2.20. The Kier molecular flexibility index (Phi) is 6.66. The molecule has 22 heavy (non-hydrogen) atoms. The number of amides is 1. The van der Waals surface area contributed by atoms with Crippen molar-refractivity contribution in [3.05, 3.63) is 11.6 Å². The third-order valence-corrected chi connectivity index (χ3v) is 4.45. The first-order valence-electron chi connectivity index (χ1n) is 7.63. The number of rotatable bonds is 7. The average molecular weight is 327 g/mol. The summed E-state index contributed by atoms with van der Waals surface area (Å²) in [6.45, 7) is 6.51. The summed E-state index contributed by atoms with van der Waals surface area (Å²) in [5.41, 5.74) is 0. The van der Waals surface area contributed by atoms with Gasteiger partial charge in [0.25, 0.3) is 0 Å². The van der Waals surface area contributed by atoms with E-state index >= 15 is 0 Å². The molecule has 2 N–H and O–H groups in total. The smallest absolute Gasteiger partial charge is 0.237 e. The maximum absolute atomic E-state index is 12.2. The molecule has 7 nitrogen and oxygen atoms in total. The van der Waals surface area contributed by atoms with Gasteiger partial charge in [-0.2, -0.15) is 16.9 Å². The predicted molar refractivity (Wildman–Crippen MR) is 86.9 cm³/mol. The number of thioether (sulfide) groups is 1. The van der Waals surface area contributed by atoms with Crippen LogP contribution in [-0.2, 0) is 9.53 Å². The third kappa shape index (κ3) is 4.69. The van der Waals surface area contributed by atoms with Gasteiger partial charge in [0.1, 0.15) is 11.9 Å². The number of ether oxygens (including phenoxy) is 1. The Morgan fingerprint density at radius 1 is 1.64 bits per heavy atom. The molecule has 1 aromatic heterocycles. The summed E-state index contributed by atoms with van der Waals surface area (Å²) in [6, 6.07) is -0.166. The molecule has 0 spiro atoms. The van der Waals surface area contributed by atoms with Gasteiger partial charge in [0.2, 0.25) is 5.91 Å². The van der Waals surface area contributed by atoms with Crippen LogP contribution in [0.5, 0.6) is 0 Å². The molecule has 8 heteroatoms. The molecule has 2 atom stereocenters. The van der Waals surface area contributed by atoms with E-state index in [0.29, 0.717) is 19.0 Å². The van der Waals surface area contributed by atoms with Crippen molar-refractivity contribution < 1.29 is 9.53 Å². The summed E-state index contributed by atoms with van der Waals surface area (Å²) in [5.74, 6) is 2.58. The highest BCUT2D eigenvalue weighted by atomic mass is 32.2. The molecule has 0 bridgehead atoms. The van der Waals surface area contributed by atoms with E-state index in [1.807, 2.05) is 13.8 Å². The summed E-state index contributed by atoms with van der Waals surface area (Å²) < 4.78 is 5.73. The zero-order valence-corrected chi connectivity index (χ0v) is 14.3. The first kappa shape index (κ1) is 17.2. The average Bonchev–Trinajstić information content (AvgIpc) is 2.97. The topological polar surface area (TPSA) is 83.1 Å². The molecule has 1 aliphatic rings. The fraction of sp³-hybridized carbons (Fsp3) is 0.786.